The standard InChI is InChI=1S/C24H32F2N4O2/c1-15-12-17(28-24(32)16(2)29-10-7-18(31)8-11-29)14-30(13-15)21-6-5-20(23(25)26)22-19(21)4-3-9-27-22/h3-6,9,15-18,23,31H,7-8,10-14H2,1-2H3,(H,28,32)/t15-,16?,17+/m0/s1. The van der Waals surface area contributed by atoms with Crippen LogP contribution in [-0.2, 0) is 4.79 Å². The van der Waals surface area contributed by atoms with Crippen LogP contribution < -0.4 is 10.2 Å². The van der Waals surface area contributed by atoms with Gasteiger partial charge in [0.2, 0.25) is 5.91 Å². The molecule has 2 aliphatic heterocycles. The fraction of sp³-hybridized carbons (Fsp3) is 0.583. The van der Waals surface area contributed by atoms with Gasteiger partial charge in [-0.25, -0.2) is 8.78 Å². The van der Waals surface area contributed by atoms with E-state index in [0.717, 1.165) is 31.7 Å². The van der Waals surface area contributed by atoms with E-state index in [4.69, 9.17) is 0 Å². The van der Waals surface area contributed by atoms with Gasteiger partial charge in [-0.2, -0.15) is 0 Å². The number of benzene rings is 1. The van der Waals surface area contributed by atoms with Crippen molar-refractivity contribution in [1.29, 1.82) is 0 Å². The van der Waals surface area contributed by atoms with Gasteiger partial charge in [-0.05, 0) is 56.4 Å². The molecular formula is C24H32F2N4O2. The summed E-state index contributed by atoms with van der Waals surface area (Å²) in [6.07, 6.45) is 0.962. The lowest BCUT2D eigenvalue weighted by Crippen LogP contribution is -2.55. The van der Waals surface area contributed by atoms with Crippen LogP contribution in [0.15, 0.2) is 30.5 Å². The third-order valence-electron chi connectivity index (χ3n) is 6.79. The number of likely N-dealkylation sites (tertiary alicyclic amines) is 1. The van der Waals surface area contributed by atoms with Crippen molar-refractivity contribution in [2.24, 2.45) is 5.92 Å². The number of fused-ring (bicyclic) bond motifs is 1. The topological polar surface area (TPSA) is 68.7 Å². The van der Waals surface area contributed by atoms with E-state index in [0.29, 0.717) is 36.2 Å². The van der Waals surface area contributed by atoms with Gasteiger partial charge in [-0.1, -0.05) is 6.92 Å². The van der Waals surface area contributed by atoms with E-state index in [1.54, 1.807) is 18.3 Å². The Balaban J connectivity index is 1.49. The number of halogens is 2. The van der Waals surface area contributed by atoms with Gasteiger partial charge in [0.1, 0.15) is 0 Å². The Labute approximate surface area is 187 Å². The number of aliphatic hydroxyl groups is 1. The molecule has 0 saturated carbocycles. The highest BCUT2D eigenvalue weighted by Crippen LogP contribution is 2.34. The first-order chi connectivity index (χ1) is 15.3. The van der Waals surface area contributed by atoms with Crippen molar-refractivity contribution in [3.05, 3.63) is 36.0 Å². The molecule has 1 aromatic carbocycles. The highest BCUT2D eigenvalue weighted by Gasteiger charge is 2.31. The van der Waals surface area contributed by atoms with Crippen molar-refractivity contribution in [3.63, 3.8) is 0 Å². The van der Waals surface area contributed by atoms with Gasteiger partial charge in [-0.15, -0.1) is 0 Å². The SMILES string of the molecule is CC(C(=O)N[C@@H]1C[C@H](C)CN(c2ccc(C(F)F)c3ncccc23)C1)N1CCC(O)CC1. The molecule has 2 aromatic rings. The molecule has 2 N–H and O–H groups in total. The second-order valence-corrected chi connectivity index (χ2v) is 9.27. The number of rotatable bonds is 5. The van der Waals surface area contributed by atoms with E-state index < -0.39 is 6.43 Å². The number of nitrogens with zero attached hydrogens (tertiary/aromatic N) is 3. The number of hydrogen-bond acceptors (Lipinski definition) is 5. The largest absolute Gasteiger partial charge is 0.393 e. The zero-order chi connectivity index (χ0) is 22.8. The van der Waals surface area contributed by atoms with Crippen molar-refractivity contribution < 1.29 is 18.7 Å². The average Bonchev–Trinajstić information content (AvgIpc) is 2.77. The van der Waals surface area contributed by atoms with E-state index in [1.165, 1.54) is 6.07 Å². The molecule has 6 nitrogen and oxygen atoms in total. The van der Waals surface area contributed by atoms with Gasteiger partial charge in [-0.3, -0.25) is 14.7 Å². The van der Waals surface area contributed by atoms with Crippen molar-refractivity contribution in [2.75, 3.05) is 31.1 Å². The number of alkyl halides is 2. The van der Waals surface area contributed by atoms with Crippen LogP contribution in [0.3, 0.4) is 0 Å². The first-order valence-corrected chi connectivity index (χ1v) is 11.5. The van der Waals surface area contributed by atoms with Gasteiger partial charge >= 0.3 is 0 Å². The summed E-state index contributed by atoms with van der Waals surface area (Å²) in [6, 6.07) is 6.56. The van der Waals surface area contributed by atoms with E-state index >= 15 is 0 Å². The van der Waals surface area contributed by atoms with Crippen molar-refractivity contribution in [3.8, 4) is 0 Å². The zero-order valence-electron chi connectivity index (χ0n) is 18.7. The van der Waals surface area contributed by atoms with Crippen LogP contribution in [0.2, 0.25) is 0 Å². The molecule has 0 spiro atoms. The number of carbonyl (C=O) groups is 1. The summed E-state index contributed by atoms with van der Waals surface area (Å²) < 4.78 is 26.9. The molecule has 2 aliphatic rings. The maximum absolute atomic E-state index is 13.5. The molecule has 4 rings (SSSR count). The van der Waals surface area contributed by atoms with Crippen molar-refractivity contribution >= 4 is 22.5 Å². The number of aliphatic hydroxyl groups excluding tert-OH is 1. The minimum atomic E-state index is -2.58. The normalized spacial score (nSPS) is 24.1. The Kier molecular flexibility index (Phi) is 6.90. The van der Waals surface area contributed by atoms with Crippen LogP contribution in [0, 0.1) is 5.92 Å². The zero-order valence-corrected chi connectivity index (χ0v) is 18.7. The molecule has 1 unspecified atom stereocenters. The number of piperidine rings is 2. The molecular weight excluding hydrogens is 414 g/mol. The smallest absolute Gasteiger partial charge is 0.265 e. The Morgan fingerprint density at radius 3 is 2.69 bits per heavy atom. The molecule has 3 atom stereocenters. The second-order valence-electron chi connectivity index (χ2n) is 9.27. The quantitative estimate of drug-likeness (QED) is 0.737. The highest BCUT2D eigenvalue weighted by atomic mass is 19.3. The summed E-state index contributed by atoms with van der Waals surface area (Å²) in [4.78, 5) is 21.5. The van der Waals surface area contributed by atoms with Crippen LogP contribution in [0.1, 0.15) is 45.1 Å². The van der Waals surface area contributed by atoms with Gasteiger partial charge in [0.15, 0.2) is 0 Å². The molecule has 2 saturated heterocycles. The minimum absolute atomic E-state index is 0.0000118. The van der Waals surface area contributed by atoms with Gasteiger partial charge in [0.25, 0.3) is 6.43 Å². The Bertz CT molecular complexity index is 949. The molecule has 1 amide bonds. The molecule has 0 bridgehead atoms. The van der Waals surface area contributed by atoms with Gasteiger partial charge < -0.3 is 15.3 Å². The average molecular weight is 447 g/mol. The van der Waals surface area contributed by atoms with E-state index in [-0.39, 0.29) is 29.7 Å². The first kappa shape index (κ1) is 22.9. The molecule has 3 heterocycles. The molecule has 174 valence electrons. The lowest BCUT2D eigenvalue weighted by molar-refractivity contribution is -0.127. The molecule has 32 heavy (non-hydrogen) atoms. The predicted octanol–water partition coefficient (Wildman–Crippen LogP) is 3.35. The maximum atomic E-state index is 13.5. The van der Waals surface area contributed by atoms with E-state index in [1.807, 2.05) is 13.0 Å². The van der Waals surface area contributed by atoms with Gasteiger partial charge in [0, 0.05) is 55.1 Å². The summed E-state index contributed by atoms with van der Waals surface area (Å²) >= 11 is 0. The maximum Gasteiger partial charge on any atom is 0.265 e. The minimum Gasteiger partial charge on any atom is -0.393 e. The van der Waals surface area contributed by atoms with Crippen LogP contribution in [0.25, 0.3) is 10.9 Å². The number of carbonyl (C=O) groups excluding carboxylic acids is 1. The first-order valence-electron chi connectivity index (χ1n) is 11.5. The lowest BCUT2D eigenvalue weighted by Gasteiger charge is -2.40. The number of hydrogen-bond donors (Lipinski definition) is 2. The number of amides is 1. The predicted molar refractivity (Wildman–Crippen MR) is 121 cm³/mol. The summed E-state index contributed by atoms with van der Waals surface area (Å²) in [5, 5.41) is 13.6. The molecule has 8 heteroatoms. The number of pyridine rings is 1. The fourth-order valence-corrected chi connectivity index (χ4v) is 5.04. The Morgan fingerprint density at radius 2 is 1.97 bits per heavy atom. The number of nitrogens with one attached hydrogen (secondary N) is 1. The second kappa shape index (κ2) is 9.67. The van der Waals surface area contributed by atoms with Crippen molar-refractivity contribution in [1.82, 2.24) is 15.2 Å². The Morgan fingerprint density at radius 1 is 1.22 bits per heavy atom. The van der Waals surface area contributed by atoms with Crippen molar-refractivity contribution in [2.45, 2.75) is 57.7 Å². The van der Waals surface area contributed by atoms with E-state index in [9.17, 15) is 18.7 Å². The summed E-state index contributed by atoms with van der Waals surface area (Å²) in [6.45, 7) is 6.92. The molecule has 2 fully saturated rings. The van der Waals surface area contributed by atoms with Crippen LogP contribution in [0.4, 0.5) is 14.5 Å². The molecule has 0 radical (unpaired) electrons. The van der Waals surface area contributed by atoms with Crippen LogP contribution in [-0.4, -0.2) is 65.3 Å². The number of aromatic nitrogens is 1. The monoisotopic (exact) mass is 446 g/mol. The lowest BCUT2D eigenvalue weighted by atomic mass is 9.94. The van der Waals surface area contributed by atoms with Gasteiger partial charge in [0.05, 0.1) is 17.7 Å². The summed E-state index contributed by atoms with van der Waals surface area (Å²) in [5.74, 6) is 0.344. The van der Waals surface area contributed by atoms with Crippen LogP contribution in [0.5, 0.6) is 0 Å². The summed E-state index contributed by atoms with van der Waals surface area (Å²) in [7, 11) is 0. The highest BCUT2D eigenvalue weighted by molar-refractivity contribution is 5.94. The third-order valence-corrected chi connectivity index (χ3v) is 6.79. The summed E-state index contributed by atoms with van der Waals surface area (Å²) in [5.41, 5.74) is 1.15. The molecule has 0 aliphatic carbocycles. The van der Waals surface area contributed by atoms with Crippen LogP contribution >= 0.6 is 0 Å². The molecule has 1 aromatic heterocycles. The Hall–Kier alpha value is -2.32. The number of anilines is 1. The van der Waals surface area contributed by atoms with E-state index in [2.05, 4.69) is 27.0 Å². The fourth-order valence-electron chi connectivity index (χ4n) is 5.04. The third kappa shape index (κ3) is 4.86.